The van der Waals surface area contributed by atoms with Gasteiger partial charge in [0.25, 0.3) is 5.91 Å². The highest BCUT2D eigenvalue weighted by Crippen LogP contribution is 2.26. The lowest BCUT2D eigenvalue weighted by atomic mass is 10.1. The predicted octanol–water partition coefficient (Wildman–Crippen LogP) is 4.97. The normalized spacial score (nSPS) is 20.3. The van der Waals surface area contributed by atoms with Crippen LogP contribution in [0.1, 0.15) is 38.7 Å². The average molecular weight is 393 g/mol. The van der Waals surface area contributed by atoms with E-state index in [0.29, 0.717) is 22.8 Å². The summed E-state index contributed by atoms with van der Waals surface area (Å²) in [6.07, 6.45) is 6.08. The highest BCUT2D eigenvalue weighted by Gasteiger charge is 2.13. The van der Waals surface area contributed by atoms with Gasteiger partial charge in [-0.05, 0) is 57.4 Å². The third kappa shape index (κ3) is 5.85. The van der Waals surface area contributed by atoms with Crippen molar-refractivity contribution in [2.75, 3.05) is 17.2 Å². The zero-order chi connectivity index (χ0) is 20.6. The van der Waals surface area contributed by atoms with Crippen LogP contribution in [0.3, 0.4) is 0 Å². The fourth-order valence-corrected chi connectivity index (χ4v) is 2.92. The molecule has 152 valence electrons. The first-order valence-electron chi connectivity index (χ1n) is 9.82. The molecule has 3 rings (SSSR count). The van der Waals surface area contributed by atoms with Crippen LogP contribution in [0.25, 0.3) is 5.76 Å². The van der Waals surface area contributed by atoms with E-state index in [1.807, 2.05) is 43.3 Å². The molecular weight excluding hydrogens is 366 g/mol. The van der Waals surface area contributed by atoms with E-state index in [0.717, 1.165) is 37.2 Å². The van der Waals surface area contributed by atoms with Gasteiger partial charge in [-0.3, -0.25) is 4.79 Å². The number of anilines is 2. The fraction of sp³-hybridized carbons (Fsp3) is 0.304. The molecule has 1 aliphatic rings. The summed E-state index contributed by atoms with van der Waals surface area (Å²) in [6.45, 7) is 8.50. The van der Waals surface area contributed by atoms with Gasteiger partial charge in [0.05, 0.1) is 18.1 Å². The number of para-hydroxylation sites is 2. The van der Waals surface area contributed by atoms with Crippen molar-refractivity contribution in [1.29, 1.82) is 0 Å². The molecule has 0 saturated carbocycles. The first kappa shape index (κ1) is 20.5. The molecule has 1 aromatic heterocycles. The smallest absolute Gasteiger partial charge is 0.254 e. The van der Waals surface area contributed by atoms with E-state index in [4.69, 9.17) is 9.47 Å². The Morgan fingerprint density at radius 2 is 2.03 bits per heavy atom. The van der Waals surface area contributed by atoms with Crippen molar-refractivity contribution >= 4 is 23.2 Å². The minimum atomic E-state index is -0.264. The van der Waals surface area contributed by atoms with Crippen LogP contribution in [-0.2, 0) is 9.53 Å². The Labute approximate surface area is 171 Å². The minimum Gasteiger partial charge on any atom is -0.489 e. The number of carbonyl (C=O) groups excluding carboxylic acids is 1. The number of fused-ring (bicyclic) bond motifs is 3. The Morgan fingerprint density at radius 1 is 1.21 bits per heavy atom. The summed E-state index contributed by atoms with van der Waals surface area (Å²) in [5, 5.41) is 6.22. The Balaban J connectivity index is 1.83. The number of aromatic nitrogens is 1. The van der Waals surface area contributed by atoms with E-state index in [1.165, 1.54) is 6.26 Å². The topological polar surface area (TPSA) is 72.5 Å². The largest absolute Gasteiger partial charge is 0.489 e. The Kier molecular flexibility index (Phi) is 6.89. The fourth-order valence-electron chi connectivity index (χ4n) is 2.92. The minimum absolute atomic E-state index is 0.0386. The number of ether oxygens (including phenoxy) is 2. The number of nitrogens with zero attached hydrogens (tertiary/aromatic N) is 1. The SMILES string of the molecule is C=C1O/C=C(\C)C(=O)Nc2ccccc2OC(C)CCCCNc2cc1ccn2. The van der Waals surface area contributed by atoms with E-state index < -0.39 is 0 Å². The Hall–Kier alpha value is -3.28. The van der Waals surface area contributed by atoms with Crippen LogP contribution in [0.5, 0.6) is 5.75 Å². The van der Waals surface area contributed by atoms with Gasteiger partial charge in [0.15, 0.2) is 0 Å². The molecule has 1 atom stereocenters. The standard InChI is InChI=1S/C23H27N3O3/c1-16-15-28-18(3)19-11-13-25-22(14-19)24-12-7-6-8-17(2)29-21-10-5-4-9-20(21)26-23(16)27/h4-5,9-11,13-15,17H,3,6-8,12H2,1-2H3,(H,24,25)(H,26,27)/b16-15+. The molecule has 2 heterocycles. The maximum absolute atomic E-state index is 12.6. The molecule has 1 aromatic carbocycles. The van der Waals surface area contributed by atoms with E-state index in [2.05, 4.69) is 22.2 Å². The lowest BCUT2D eigenvalue weighted by Crippen LogP contribution is -2.17. The Bertz CT molecular complexity index is 908. The number of hydrogen-bond donors (Lipinski definition) is 2. The number of benzene rings is 1. The molecule has 6 heteroatoms. The van der Waals surface area contributed by atoms with Crippen LogP contribution in [0.4, 0.5) is 11.5 Å². The molecular formula is C23H27N3O3. The summed E-state index contributed by atoms with van der Waals surface area (Å²) in [6, 6.07) is 11.2. The molecule has 0 spiro atoms. The molecule has 0 aliphatic carbocycles. The number of amides is 1. The number of carbonyl (C=O) groups is 1. The van der Waals surface area contributed by atoms with Crippen LogP contribution in [0.15, 0.2) is 61.0 Å². The van der Waals surface area contributed by atoms with E-state index in [-0.39, 0.29) is 12.0 Å². The quantitative estimate of drug-likeness (QED) is 0.661. The monoisotopic (exact) mass is 393 g/mol. The van der Waals surface area contributed by atoms with Gasteiger partial charge in [-0.1, -0.05) is 18.7 Å². The summed E-state index contributed by atoms with van der Waals surface area (Å²) in [4.78, 5) is 16.9. The van der Waals surface area contributed by atoms with Crippen molar-refractivity contribution in [3.63, 3.8) is 0 Å². The van der Waals surface area contributed by atoms with Crippen LogP contribution in [-0.4, -0.2) is 23.5 Å². The van der Waals surface area contributed by atoms with Gasteiger partial charge >= 0.3 is 0 Å². The van der Waals surface area contributed by atoms with Gasteiger partial charge in [-0.25, -0.2) is 4.98 Å². The molecule has 29 heavy (non-hydrogen) atoms. The highest BCUT2D eigenvalue weighted by atomic mass is 16.5. The molecule has 2 bridgehead atoms. The lowest BCUT2D eigenvalue weighted by molar-refractivity contribution is -0.112. The van der Waals surface area contributed by atoms with Gasteiger partial charge in [0.2, 0.25) is 0 Å². The van der Waals surface area contributed by atoms with Crippen molar-refractivity contribution in [2.24, 2.45) is 0 Å². The van der Waals surface area contributed by atoms with Crippen LogP contribution in [0, 0.1) is 0 Å². The molecule has 0 radical (unpaired) electrons. The first-order valence-corrected chi connectivity index (χ1v) is 9.82. The maximum Gasteiger partial charge on any atom is 0.254 e. The van der Waals surface area contributed by atoms with Crippen molar-refractivity contribution in [2.45, 2.75) is 39.2 Å². The second-order valence-electron chi connectivity index (χ2n) is 7.07. The molecule has 0 fully saturated rings. The predicted molar refractivity (Wildman–Crippen MR) is 116 cm³/mol. The van der Waals surface area contributed by atoms with Crippen LogP contribution in [0.2, 0.25) is 0 Å². The third-order valence-corrected chi connectivity index (χ3v) is 4.62. The van der Waals surface area contributed by atoms with Crippen molar-refractivity contribution in [1.82, 2.24) is 4.98 Å². The maximum atomic E-state index is 12.6. The summed E-state index contributed by atoms with van der Waals surface area (Å²) in [7, 11) is 0. The van der Waals surface area contributed by atoms with E-state index in [1.54, 1.807) is 13.1 Å². The van der Waals surface area contributed by atoms with Gasteiger partial charge in [-0.15, -0.1) is 0 Å². The molecule has 1 aliphatic heterocycles. The number of rotatable bonds is 0. The number of hydrogen-bond acceptors (Lipinski definition) is 5. The van der Waals surface area contributed by atoms with Gasteiger partial charge in [0, 0.05) is 23.9 Å². The second-order valence-corrected chi connectivity index (χ2v) is 7.07. The molecule has 1 unspecified atom stereocenters. The zero-order valence-corrected chi connectivity index (χ0v) is 16.9. The zero-order valence-electron chi connectivity index (χ0n) is 16.9. The van der Waals surface area contributed by atoms with Crippen molar-refractivity contribution in [3.05, 3.63) is 66.6 Å². The molecule has 2 N–H and O–H groups in total. The lowest BCUT2D eigenvalue weighted by Gasteiger charge is -2.18. The van der Waals surface area contributed by atoms with Crippen LogP contribution >= 0.6 is 0 Å². The van der Waals surface area contributed by atoms with Crippen molar-refractivity contribution in [3.8, 4) is 5.75 Å². The molecule has 0 saturated heterocycles. The molecule has 6 nitrogen and oxygen atoms in total. The first-order chi connectivity index (χ1) is 14.0. The summed E-state index contributed by atoms with van der Waals surface area (Å²) in [5.41, 5.74) is 1.86. The van der Waals surface area contributed by atoms with E-state index in [9.17, 15) is 4.79 Å². The van der Waals surface area contributed by atoms with Crippen LogP contribution < -0.4 is 15.4 Å². The van der Waals surface area contributed by atoms with Gasteiger partial charge in [-0.2, -0.15) is 0 Å². The molecule has 1 amide bonds. The van der Waals surface area contributed by atoms with Gasteiger partial charge in [0.1, 0.15) is 17.3 Å². The Morgan fingerprint density at radius 3 is 2.90 bits per heavy atom. The average Bonchev–Trinajstić information content (AvgIpc) is 2.72. The van der Waals surface area contributed by atoms with Crippen molar-refractivity contribution < 1.29 is 14.3 Å². The van der Waals surface area contributed by atoms with E-state index >= 15 is 0 Å². The second kappa shape index (κ2) is 9.78. The number of nitrogens with one attached hydrogen (secondary N) is 2. The summed E-state index contributed by atoms with van der Waals surface area (Å²) < 4.78 is 11.7. The number of pyridine rings is 1. The molecule has 2 aromatic rings. The summed E-state index contributed by atoms with van der Waals surface area (Å²) in [5.74, 6) is 1.61. The third-order valence-electron chi connectivity index (χ3n) is 4.62. The highest BCUT2D eigenvalue weighted by molar-refractivity contribution is 6.04. The summed E-state index contributed by atoms with van der Waals surface area (Å²) >= 11 is 0. The van der Waals surface area contributed by atoms with Gasteiger partial charge < -0.3 is 20.1 Å².